The highest BCUT2D eigenvalue weighted by atomic mass is 32.1. The molecule has 0 aliphatic carbocycles. The predicted octanol–water partition coefficient (Wildman–Crippen LogP) is 2.70. The van der Waals surface area contributed by atoms with Crippen molar-refractivity contribution in [2.24, 2.45) is 0 Å². The number of hydrogen-bond acceptors (Lipinski definition) is 6. The highest BCUT2D eigenvalue weighted by molar-refractivity contribution is 7.22. The van der Waals surface area contributed by atoms with Gasteiger partial charge in [0.1, 0.15) is 0 Å². The lowest BCUT2D eigenvalue weighted by Gasteiger charge is -2.06. The van der Waals surface area contributed by atoms with Gasteiger partial charge >= 0.3 is 0 Å². The van der Waals surface area contributed by atoms with Crippen LogP contribution in [0.25, 0.3) is 10.2 Å². The Hall–Kier alpha value is -3.13. The molecule has 0 spiro atoms. The summed E-state index contributed by atoms with van der Waals surface area (Å²) in [5.74, 6) is 0.423. The fourth-order valence-electron chi connectivity index (χ4n) is 2.60. The Labute approximate surface area is 152 Å². The minimum absolute atomic E-state index is 0.143. The zero-order chi connectivity index (χ0) is 18.1. The smallest absolute Gasteiger partial charge is 0.251 e. The number of carbonyl (C=O) groups is 2. The number of aryl methyl sites for hydroxylation is 1. The first-order valence-electron chi connectivity index (χ1n) is 7.94. The molecule has 2 aromatic carbocycles. The third kappa shape index (κ3) is 3.18. The summed E-state index contributed by atoms with van der Waals surface area (Å²) >= 11 is 1.40. The Morgan fingerprint density at radius 1 is 1.19 bits per heavy atom. The van der Waals surface area contributed by atoms with E-state index in [4.69, 9.17) is 9.47 Å². The van der Waals surface area contributed by atoms with Crippen LogP contribution in [0.2, 0.25) is 0 Å². The molecule has 132 valence electrons. The summed E-state index contributed by atoms with van der Waals surface area (Å²) in [7, 11) is 0. The van der Waals surface area contributed by atoms with Crippen LogP contribution in [0.1, 0.15) is 15.9 Å². The van der Waals surface area contributed by atoms with E-state index >= 15 is 0 Å². The molecule has 2 heterocycles. The van der Waals surface area contributed by atoms with Crippen LogP contribution < -0.4 is 20.1 Å². The van der Waals surface area contributed by atoms with Gasteiger partial charge < -0.3 is 20.1 Å². The monoisotopic (exact) mass is 369 g/mol. The van der Waals surface area contributed by atoms with Gasteiger partial charge in [0.25, 0.3) is 5.91 Å². The van der Waals surface area contributed by atoms with Crippen LogP contribution in [0.4, 0.5) is 5.13 Å². The Morgan fingerprint density at radius 3 is 2.88 bits per heavy atom. The first-order valence-corrected chi connectivity index (χ1v) is 8.75. The summed E-state index contributed by atoms with van der Waals surface area (Å²) in [6.07, 6.45) is 0. The van der Waals surface area contributed by atoms with Gasteiger partial charge in [-0.15, -0.1) is 0 Å². The van der Waals surface area contributed by atoms with Crippen molar-refractivity contribution < 1.29 is 19.1 Å². The molecule has 0 saturated heterocycles. The quantitative estimate of drug-likeness (QED) is 0.738. The van der Waals surface area contributed by atoms with Crippen LogP contribution in [0.15, 0.2) is 36.4 Å². The predicted molar refractivity (Wildman–Crippen MR) is 97.9 cm³/mol. The molecule has 0 atom stereocenters. The van der Waals surface area contributed by atoms with Crippen molar-refractivity contribution in [2.75, 3.05) is 18.7 Å². The standard InChI is InChI=1S/C18H15N3O4S/c1-10-3-2-4-14-16(10)21-18(26-14)20-15(22)8-19-17(23)11-5-6-12-13(7-11)25-9-24-12/h2-7H,8-9H2,1H3,(H,19,23)(H,20,21,22). The number of para-hydroxylation sites is 1. The highest BCUT2D eigenvalue weighted by Gasteiger charge is 2.17. The lowest BCUT2D eigenvalue weighted by Crippen LogP contribution is -2.32. The Bertz CT molecular complexity index is 1010. The minimum atomic E-state index is -0.362. The number of benzene rings is 2. The molecule has 2 N–H and O–H groups in total. The van der Waals surface area contributed by atoms with Crippen molar-refractivity contribution >= 4 is 38.5 Å². The van der Waals surface area contributed by atoms with Crippen molar-refractivity contribution in [1.29, 1.82) is 0 Å². The molecule has 26 heavy (non-hydrogen) atoms. The molecular weight excluding hydrogens is 354 g/mol. The molecule has 0 saturated carbocycles. The molecule has 0 radical (unpaired) electrons. The molecule has 8 heteroatoms. The van der Waals surface area contributed by atoms with Crippen LogP contribution in [-0.2, 0) is 4.79 Å². The van der Waals surface area contributed by atoms with Crippen LogP contribution in [0.3, 0.4) is 0 Å². The normalized spacial score (nSPS) is 12.2. The van der Waals surface area contributed by atoms with E-state index in [-0.39, 0.29) is 25.2 Å². The molecule has 1 aliphatic heterocycles. The van der Waals surface area contributed by atoms with Crippen molar-refractivity contribution in [3.05, 3.63) is 47.5 Å². The average molecular weight is 369 g/mol. The second kappa shape index (κ2) is 6.64. The van der Waals surface area contributed by atoms with Crippen LogP contribution in [0.5, 0.6) is 11.5 Å². The van der Waals surface area contributed by atoms with E-state index in [2.05, 4.69) is 15.6 Å². The second-order valence-electron chi connectivity index (χ2n) is 5.74. The number of carbonyl (C=O) groups excluding carboxylic acids is 2. The van der Waals surface area contributed by atoms with E-state index in [9.17, 15) is 9.59 Å². The fourth-order valence-corrected chi connectivity index (χ4v) is 3.56. The summed E-state index contributed by atoms with van der Waals surface area (Å²) in [5.41, 5.74) is 2.32. The van der Waals surface area contributed by atoms with Gasteiger partial charge in [-0.25, -0.2) is 4.98 Å². The van der Waals surface area contributed by atoms with Crippen LogP contribution in [-0.4, -0.2) is 30.1 Å². The van der Waals surface area contributed by atoms with Gasteiger partial charge in [-0.2, -0.15) is 0 Å². The van der Waals surface area contributed by atoms with Crippen LogP contribution >= 0.6 is 11.3 Å². The number of rotatable bonds is 4. The van der Waals surface area contributed by atoms with Crippen molar-refractivity contribution in [1.82, 2.24) is 10.3 Å². The number of thiazole rings is 1. The molecule has 1 aliphatic rings. The molecule has 0 unspecified atom stereocenters. The van der Waals surface area contributed by atoms with Crippen molar-refractivity contribution in [3.8, 4) is 11.5 Å². The maximum atomic E-state index is 12.2. The minimum Gasteiger partial charge on any atom is -0.454 e. The summed E-state index contributed by atoms with van der Waals surface area (Å²) in [5, 5.41) is 5.81. The van der Waals surface area contributed by atoms with Gasteiger partial charge in [-0.1, -0.05) is 23.5 Å². The number of nitrogens with zero attached hydrogens (tertiary/aromatic N) is 1. The second-order valence-corrected chi connectivity index (χ2v) is 6.77. The SMILES string of the molecule is Cc1cccc2sc(NC(=O)CNC(=O)c3ccc4c(c3)OCO4)nc12. The lowest BCUT2D eigenvalue weighted by atomic mass is 10.2. The molecular formula is C18H15N3O4S. The number of hydrogen-bond donors (Lipinski definition) is 2. The number of fused-ring (bicyclic) bond motifs is 2. The maximum Gasteiger partial charge on any atom is 0.251 e. The summed E-state index contributed by atoms with van der Waals surface area (Å²) in [4.78, 5) is 28.7. The molecule has 2 amide bonds. The third-order valence-corrected chi connectivity index (χ3v) is 4.85. The van der Waals surface area contributed by atoms with E-state index in [1.807, 2.05) is 25.1 Å². The van der Waals surface area contributed by atoms with Gasteiger partial charge in [0.2, 0.25) is 12.7 Å². The number of anilines is 1. The van der Waals surface area contributed by atoms with E-state index in [1.54, 1.807) is 18.2 Å². The number of nitrogens with one attached hydrogen (secondary N) is 2. The molecule has 0 fully saturated rings. The molecule has 3 aromatic rings. The number of ether oxygens (including phenoxy) is 2. The maximum absolute atomic E-state index is 12.2. The van der Waals surface area contributed by atoms with Gasteiger partial charge in [-0.05, 0) is 36.8 Å². The van der Waals surface area contributed by atoms with Crippen molar-refractivity contribution in [3.63, 3.8) is 0 Å². The van der Waals surface area contributed by atoms with E-state index in [1.165, 1.54) is 11.3 Å². The molecule has 4 rings (SSSR count). The zero-order valence-corrected chi connectivity index (χ0v) is 14.7. The molecule has 1 aromatic heterocycles. The summed E-state index contributed by atoms with van der Waals surface area (Å²) < 4.78 is 11.5. The molecule has 0 bridgehead atoms. The van der Waals surface area contributed by atoms with E-state index in [0.29, 0.717) is 22.2 Å². The Balaban J connectivity index is 1.37. The first-order chi connectivity index (χ1) is 12.6. The lowest BCUT2D eigenvalue weighted by molar-refractivity contribution is -0.115. The highest BCUT2D eigenvalue weighted by Crippen LogP contribution is 2.32. The van der Waals surface area contributed by atoms with Gasteiger partial charge in [0, 0.05) is 5.56 Å². The van der Waals surface area contributed by atoms with Gasteiger partial charge in [0.05, 0.1) is 16.8 Å². The van der Waals surface area contributed by atoms with Crippen molar-refractivity contribution in [2.45, 2.75) is 6.92 Å². The number of aromatic nitrogens is 1. The van der Waals surface area contributed by atoms with E-state index in [0.717, 1.165) is 15.8 Å². The van der Waals surface area contributed by atoms with Gasteiger partial charge in [0.15, 0.2) is 16.6 Å². The van der Waals surface area contributed by atoms with Crippen LogP contribution in [0, 0.1) is 6.92 Å². The average Bonchev–Trinajstić information content (AvgIpc) is 3.26. The number of amides is 2. The Morgan fingerprint density at radius 2 is 2.04 bits per heavy atom. The zero-order valence-electron chi connectivity index (χ0n) is 13.9. The van der Waals surface area contributed by atoms with E-state index < -0.39 is 0 Å². The first kappa shape index (κ1) is 16.3. The molecule has 7 nitrogen and oxygen atoms in total. The summed E-state index contributed by atoms with van der Waals surface area (Å²) in [6, 6.07) is 10.8. The van der Waals surface area contributed by atoms with Gasteiger partial charge in [-0.3, -0.25) is 9.59 Å². The Kier molecular flexibility index (Phi) is 4.18. The third-order valence-electron chi connectivity index (χ3n) is 3.91. The fraction of sp³-hybridized carbons (Fsp3) is 0.167. The largest absolute Gasteiger partial charge is 0.454 e. The summed E-state index contributed by atoms with van der Waals surface area (Å²) in [6.45, 7) is 1.96. The topological polar surface area (TPSA) is 89.6 Å².